The van der Waals surface area contributed by atoms with Crippen LogP contribution in [0.25, 0.3) is 0 Å². The molecule has 0 aliphatic carbocycles. The van der Waals surface area contributed by atoms with Gasteiger partial charge in [-0.1, -0.05) is 60.7 Å². The Morgan fingerprint density at radius 3 is 1.43 bits per heavy atom. The van der Waals surface area contributed by atoms with Crippen molar-refractivity contribution in [2.45, 2.75) is 50.1 Å². The van der Waals surface area contributed by atoms with Crippen LogP contribution in [0.15, 0.2) is 60.7 Å². The van der Waals surface area contributed by atoms with Gasteiger partial charge in [0.25, 0.3) is 0 Å². The molecule has 0 saturated carbocycles. The van der Waals surface area contributed by atoms with E-state index in [1.165, 1.54) is 0 Å². The molecule has 0 amide bonds. The lowest BCUT2D eigenvalue weighted by Gasteiger charge is -2.25. The van der Waals surface area contributed by atoms with Crippen molar-refractivity contribution >= 4 is 11.9 Å². The molecule has 2 heterocycles. The first-order chi connectivity index (χ1) is 14.7. The third-order valence-corrected chi connectivity index (χ3v) is 5.23. The minimum atomic E-state index is -0.638. The molecule has 30 heavy (non-hydrogen) atoms. The zero-order valence-electron chi connectivity index (χ0n) is 16.8. The summed E-state index contributed by atoms with van der Waals surface area (Å²) < 4.78 is 22.2. The Morgan fingerprint density at radius 2 is 1.10 bits per heavy atom. The number of epoxide rings is 2. The number of rotatable bonds is 11. The molecule has 4 atom stereocenters. The largest absolute Gasteiger partial charge is 0.455 e. The van der Waals surface area contributed by atoms with Crippen LogP contribution in [0.1, 0.15) is 24.0 Å². The molecule has 0 spiro atoms. The third kappa shape index (κ3) is 6.15. The molecular weight excluding hydrogens is 384 g/mol. The smallest absolute Gasteiger partial charge is 0.306 e. The number of carbonyl (C=O) groups excluding carboxylic acids is 2. The predicted octanol–water partition coefficient (Wildman–Crippen LogP) is 2.87. The van der Waals surface area contributed by atoms with Crippen molar-refractivity contribution < 1.29 is 28.5 Å². The molecule has 2 aliphatic heterocycles. The van der Waals surface area contributed by atoms with E-state index in [-0.39, 0.29) is 37.0 Å². The van der Waals surface area contributed by atoms with Crippen LogP contribution < -0.4 is 0 Å². The summed E-state index contributed by atoms with van der Waals surface area (Å²) in [5.41, 5.74) is 2.14. The van der Waals surface area contributed by atoms with Crippen LogP contribution in [0.4, 0.5) is 0 Å². The predicted molar refractivity (Wildman–Crippen MR) is 109 cm³/mol. The Bertz CT molecular complexity index is 758. The molecule has 2 fully saturated rings. The van der Waals surface area contributed by atoms with E-state index in [0.29, 0.717) is 26.1 Å². The maximum atomic E-state index is 12.4. The van der Waals surface area contributed by atoms with Crippen molar-refractivity contribution in [3.8, 4) is 0 Å². The molecule has 0 N–H and O–H groups in total. The summed E-state index contributed by atoms with van der Waals surface area (Å²) in [6.45, 7) is 0.975. The molecule has 6 heteroatoms. The number of aryl methyl sites for hydroxylation is 2. The zero-order valence-corrected chi connectivity index (χ0v) is 16.8. The summed E-state index contributed by atoms with van der Waals surface area (Å²) >= 11 is 0. The number of esters is 2. The lowest BCUT2D eigenvalue weighted by atomic mass is 10.1. The molecule has 0 bridgehead atoms. The first kappa shape index (κ1) is 20.6. The van der Waals surface area contributed by atoms with Crippen molar-refractivity contribution in [2.24, 2.45) is 0 Å². The summed E-state index contributed by atoms with van der Waals surface area (Å²) in [6.07, 6.45) is -0.0638. The van der Waals surface area contributed by atoms with E-state index in [1.807, 2.05) is 60.7 Å². The maximum absolute atomic E-state index is 12.4. The van der Waals surface area contributed by atoms with Crippen molar-refractivity contribution in [3.63, 3.8) is 0 Å². The van der Waals surface area contributed by atoms with Gasteiger partial charge in [-0.3, -0.25) is 9.59 Å². The average molecular weight is 410 g/mol. The highest BCUT2D eigenvalue weighted by Crippen LogP contribution is 2.30. The minimum Gasteiger partial charge on any atom is -0.455 e. The van der Waals surface area contributed by atoms with Gasteiger partial charge in [-0.05, 0) is 24.0 Å². The second-order valence-corrected chi connectivity index (χ2v) is 7.62. The molecule has 4 rings (SSSR count). The lowest BCUT2D eigenvalue weighted by molar-refractivity contribution is -0.171. The summed E-state index contributed by atoms with van der Waals surface area (Å²) in [7, 11) is 0. The molecule has 0 radical (unpaired) electrons. The van der Waals surface area contributed by atoms with Gasteiger partial charge < -0.3 is 18.9 Å². The molecule has 0 unspecified atom stereocenters. The van der Waals surface area contributed by atoms with Crippen LogP contribution in [-0.2, 0) is 41.4 Å². The zero-order chi connectivity index (χ0) is 20.8. The van der Waals surface area contributed by atoms with Gasteiger partial charge in [-0.25, -0.2) is 0 Å². The summed E-state index contributed by atoms with van der Waals surface area (Å²) in [4.78, 5) is 24.9. The fourth-order valence-electron chi connectivity index (χ4n) is 3.40. The van der Waals surface area contributed by atoms with Crippen LogP contribution in [0.5, 0.6) is 0 Å². The third-order valence-electron chi connectivity index (χ3n) is 5.23. The van der Waals surface area contributed by atoms with Crippen LogP contribution in [0.3, 0.4) is 0 Å². The van der Waals surface area contributed by atoms with E-state index in [4.69, 9.17) is 18.9 Å². The first-order valence-corrected chi connectivity index (χ1v) is 10.4. The number of hydrogen-bond donors (Lipinski definition) is 0. The molecule has 2 aromatic rings. The molecule has 158 valence electrons. The lowest BCUT2D eigenvalue weighted by Crippen LogP contribution is -2.43. The number of ether oxygens (including phenoxy) is 4. The van der Waals surface area contributed by atoms with Gasteiger partial charge in [-0.2, -0.15) is 0 Å². The number of carbonyl (C=O) groups is 2. The van der Waals surface area contributed by atoms with E-state index >= 15 is 0 Å². The summed E-state index contributed by atoms with van der Waals surface area (Å²) in [5.74, 6) is -0.657. The normalized spacial score (nSPS) is 21.3. The van der Waals surface area contributed by atoms with Crippen molar-refractivity contribution in [3.05, 3.63) is 71.8 Å². The van der Waals surface area contributed by atoms with E-state index in [2.05, 4.69) is 0 Å². The second kappa shape index (κ2) is 9.87. The van der Waals surface area contributed by atoms with E-state index in [1.54, 1.807) is 0 Å². The number of benzene rings is 2. The van der Waals surface area contributed by atoms with Crippen LogP contribution in [0.2, 0.25) is 0 Å². The van der Waals surface area contributed by atoms with Crippen LogP contribution in [0, 0.1) is 0 Å². The Balaban J connectivity index is 1.31. The fraction of sp³-hybridized carbons (Fsp3) is 0.417. The standard InChI is InChI=1S/C24H26O6/c25-21(13-11-17-7-3-1-4-8-17)29-23(19-15-27-19)24(20-16-28-20)30-22(26)14-12-18-9-5-2-6-10-18/h1-10,19-20,23-24H,11-16H2/t19-,20+,23+,24-. The first-order valence-electron chi connectivity index (χ1n) is 10.4. The monoisotopic (exact) mass is 410 g/mol. The quantitative estimate of drug-likeness (QED) is 0.419. The van der Waals surface area contributed by atoms with Crippen LogP contribution >= 0.6 is 0 Å². The number of hydrogen-bond acceptors (Lipinski definition) is 6. The molecule has 0 aromatic heterocycles. The minimum absolute atomic E-state index is 0.248. The van der Waals surface area contributed by atoms with Gasteiger partial charge in [0.2, 0.25) is 0 Å². The van der Waals surface area contributed by atoms with Gasteiger partial charge >= 0.3 is 11.9 Å². The summed E-state index contributed by atoms with van der Waals surface area (Å²) in [5, 5.41) is 0. The van der Waals surface area contributed by atoms with Gasteiger partial charge in [0.1, 0.15) is 12.2 Å². The highest BCUT2D eigenvalue weighted by atomic mass is 16.7. The van der Waals surface area contributed by atoms with Gasteiger partial charge in [-0.15, -0.1) is 0 Å². The maximum Gasteiger partial charge on any atom is 0.306 e. The Kier molecular flexibility index (Phi) is 6.77. The van der Waals surface area contributed by atoms with Gasteiger partial charge in [0, 0.05) is 12.8 Å². The van der Waals surface area contributed by atoms with Crippen molar-refractivity contribution in [1.29, 1.82) is 0 Å². The SMILES string of the molecule is O=C(CCc1ccccc1)O[C@H]([C@H](OC(=O)CCc1ccccc1)[C@@H]1CO1)[C@H]1CO1. The van der Waals surface area contributed by atoms with Gasteiger partial charge in [0.05, 0.1) is 13.2 Å². The Morgan fingerprint density at radius 1 is 0.733 bits per heavy atom. The van der Waals surface area contributed by atoms with Crippen molar-refractivity contribution in [1.82, 2.24) is 0 Å². The molecule has 6 nitrogen and oxygen atoms in total. The molecule has 2 saturated heterocycles. The van der Waals surface area contributed by atoms with E-state index < -0.39 is 12.2 Å². The van der Waals surface area contributed by atoms with E-state index in [0.717, 1.165) is 11.1 Å². The van der Waals surface area contributed by atoms with Crippen molar-refractivity contribution in [2.75, 3.05) is 13.2 Å². The molecule has 2 aliphatic rings. The summed E-state index contributed by atoms with van der Waals surface area (Å²) in [6, 6.07) is 19.5. The highest BCUT2D eigenvalue weighted by Gasteiger charge is 2.50. The Labute approximate surface area is 176 Å². The molecule has 2 aromatic carbocycles. The fourth-order valence-corrected chi connectivity index (χ4v) is 3.40. The topological polar surface area (TPSA) is 77.7 Å². The highest BCUT2D eigenvalue weighted by molar-refractivity contribution is 5.71. The van der Waals surface area contributed by atoms with E-state index in [9.17, 15) is 9.59 Å². The molecular formula is C24H26O6. The average Bonchev–Trinajstić information content (AvgIpc) is 3.68. The van der Waals surface area contributed by atoms with Gasteiger partial charge in [0.15, 0.2) is 12.2 Å². The Hall–Kier alpha value is -2.70. The second-order valence-electron chi connectivity index (χ2n) is 7.62. The van der Waals surface area contributed by atoms with Crippen LogP contribution in [-0.4, -0.2) is 49.6 Å².